The van der Waals surface area contributed by atoms with E-state index >= 15 is 0 Å². The molecule has 1 atom stereocenters. The molecule has 0 heterocycles. The number of benzene rings is 1. The molecule has 0 bridgehead atoms. The summed E-state index contributed by atoms with van der Waals surface area (Å²) in [6.45, 7) is 4.27. The zero-order chi connectivity index (χ0) is 15.9. The highest BCUT2D eigenvalue weighted by Crippen LogP contribution is 2.39. The van der Waals surface area contributed by atoms with E-state index in [1.54, 1.807) is 6.92 Å². The molecular weight excluding hydrogens is 282 g/mol. The fraction of sp³-hybridized carbons (Fsp3) is 0.400. The second-order valence-electron chi connectivity index (χ2n) is 5.32. The zero-order valence-electron chi connectivity index (χ0n) is 11.8. The van der Waals surface area contributed by atoms with Gasteiger partial charge in [-0.15, -0.1) is 0 Å². The van der Waals surface area contributed by atoms with Crippen molar-refractivity contribution < 1.29 is 27.9 Å². The first-order valence-corrected chi connectivity index (χ1v) is 6.47. The fourth-order valence-electron chi connectivity index (χ4n) is 2.57. The number of ether oxygens (including phenoxy) is 1. The molecule has 1 aliphatic carbocycles. The summed E-state index contributed by atoms with van der Waals surface area (Å²) in [6, 6.07) is 1.90. The Labute approximate surface area is 120 Å². The Morgan fingerprint density at radius 1 is 1.29 bits per heavy atom. The molecule has 0 spiro atoms. The molecular formula is C15H14F2O4. The molecule has 112 valence electrons. The van der Waals surface area contributed by atoms with E-state index in [9.17, 15) is 23.2 Å². The molecule has 0 saturated heterocycles. The average molecular weight is 296 g/mol. The molecule has 1 aliphatic rings. The van der Waals surface area contributed by atoms with Gasteiger partial charge in [0.2, 0.25) is 0 Å². The first-order valence-electron chi connectivity index (χ1n) is 6.47. The molecule has 0 radical (unpaired) electrons. The van der Waals surface area contributed by atoms with Crippen LogP contribution in [0.2, 0.25) is 0 Å². The summed E-state index contributed by atoms with van der Waals surface area (Å²) in [5, 5.41) is 0. The molecule has 0 fully saturated rings. The molecule has 0 saturated carbocycles. The van der Waals surface area contributed by atoms with E-state index in [4.69, 9.17) is 4.74 Å². The van der Waals surface area contributed by atoms with Gasteiger partial charge >= 0.3 is 5.97 Å². The molecule has 21 heavy (non-hydrogen) atoms. The number of Topliss-reactive ketones (excluding diaryl/α,β-unsaturated/α-hetero) is 2. The fourth-order valence-corrected chi connectivity index (χ4v) is 2.57. The standard InChI is InChI=1S/C15H14F2O4/c1-4-21-14(20)9-12(18)7-5-6-8(16)11(17)10(7)15(2,3)13(9)19/h5-6,9H,4H2,1-3H3. The van der Waals surface area contributed by atoms with Gasteiger partial charge < -0.3 is 4.74 Å². The minimum absolute atomic E-state index is 0.0148. The van der Waals surface area contributed by atoms with E-state index in [1.165, 1.54) is 13.8 Å². The van der Waals surface area contributed by atoms with Gasteiger partial charge in [0.05, 0.1) is 12.0 Å². The summed E-state index contributed by atoms with van der Waals surface area (Å²) in [4.78, 5) is 36.5. The van der Waals surface area contributed by atoms with Crippen LogP contribution >= 0.6 is 0 Å². The molecule has 0 aromatic heterocycles. The lowest BCUT2D eigenvalue weighted by Crippen LogP contribution is -2.49. The first-order chi connectivity index (χ1) is 9.73. The van der Waals surface area contributed by atoms with Gasteiger partial charge in [0.1, 0.15) is 0 Å². The second-order valence-corrected chi connectivity index (χ2v) is 5.32. The number of hydrogen-bond donors (Lipinski definition) is 0. The zero-order valence-corrected chi connectivity index (χ0v) is 11.8. The van der Waals surface area contributed by atoms with Gasteiger partial charge in [-0.05, 0) is 32.9 Å². The van der Waals surface area contributed by atoms with E-state index < -0.39 is 40.5 Å². The smallest absolute Gasteiger partial charge is 0.324 e. The number of halogens is 2. The predicted molar refractivity (Wildman–Crippen MR) is 68.8 cm³/mol. The maximum atomic E-state index is 14.0. The van der Waals surface area contributed by atoms with E-state index in [-0.39, 0.29) is 17.7 Å². The Hall–Kier alpha value is -2.11. The Bertz CT molecular complexity index is 649. The van der Waals surface area contributed by atoms with E-state index in [0.717, 1.165) is 12.1 Å². The van der Waals surface area contributed by atoms with Crippen LogP contribution in [0.4, 0.5) is 8.78 Å². The normalized spacial score (nSPS) is 20.1. The van der Waals surface area contributed by atoms with Crippen LogP contribution in [-0.4, -0.2) is 24.1 Å². The van der Waals surface area contributed by atoms with Crippen molar-refractivity contribution in [1.29, 1.82) is 0 Å². The van der Waals surface area contributed by atoms with Gasteiger partial charge in [0, 0.05) is 11.1 Å². The van der Waals surface area contributed by atoms with Crippen molar-refractivity contribution >= 4 is 17.5 Å². The van der Waals surface area contributed by atoms with Crippen molar-refractivity contribution in [2.24, 2.45) is 5.92 Å². The molecule has 6 heteroatoms. The molecule has 1 aromatic carbocycles. The minimum atomic E-state index is -1.63. The maximum absolute atomic E-state index is 14.0. The van der Waals surface area contributed by atoms with Crippen LogP contribution in [0.1, 0.15) is 36.7 Å². The number of esters is 1. The average Bonchev–Trinajstić information content (AvgIpc) is 2.40. The lowest BCUT2D eigenvalue weighted by molar-refractivity contribution is -0.150. The van der Waals surface area contributed by atoms with Gasteiger partial charge in [-0.3, -0.25) is 14.4 Å². The molecule has 1 aromatic rings. The summed E-state index contributed by atoms with van der Waals surface area (Å²) in [5.41, 5.74) is -1.96. The molecule has 0 N–H and O–H groups in total. The molecule has 1 unspecified atom stereocenters. The topological polar surface area (TPSA) is 60.4 Å². The number of fused-ring (bicyclic) bond motifs is 1. The highest BCUT2D eigenvalue weighted by molar-refractivity contribution is 6.27. The lowest BCUT2D eigenvalue weighted by Gasteiger charge is -2.34. The highest BCUT2D eigenvalue weighted by atomic mass is 19.2. The summed E-state index contributed by atoms with van der Waals surface area (Å²) >= 11 is 0. The number of carbonyl (C=O) groups is 3. The summed E-state index contributed by atoms with van der Waals surface area (Å²) < 4.78 is 32.1. The monoisotopic (exact) mass is 296 g/mol. The number of rotatable bonds is 2. The Balaban J connectivity index is 2.67. The van der Waals surface area contributed by atoms with Crippen molar-refractivity contribution in [3.8, 4) is 0 Å². The molecule has 0 amide bonds. The van der Waals surface area contributed by atoms with Crippen molar-refractivity contribution in [3.05, 3.63) is 34.9 Å². The third-order valence-electron chi connectivity index (χ3n) is 3.65. The van der Waals surface area contributed by atoms with Gasteiger partial charge in [-0.25, -0.2) is 8.78 Å². The first kappa shape index (κ1) is 15.3. The lowest BCUT2D eigenvalue weighted by atomic mass is 9.66. The molecule has 4 nitrogen and oxygen atoms in total. The van der Waals surface area contributed by atoms with Gasteiger partial charge in [-0.2, -0.15) is 0 Å². The second kappa shape index (κ2) is 5.02. The van der Waals surface area contributed by atoms with E-state index in [2.05, 4.69) is 0 Å². The minimum Gasteiger partial charge on any atom is -0.465 e. The molecule has 2 rings (SSSR count). The van der Waals surface area contributed by atoms with Gasteiger partial charge in [0.15, 0.2) is 29.1 Å². The van der Waals surface area contributed by atoms with Crippen molar-refractivity contribution in [1.82, 2.24) is 0 Å². The Morgan fingerprint density at radius 3 is 2.48 bits per heavy atom. The molecule has 0 aliphatic heterocycles. The summed E-state index contributed by atoms with van der Waals surface area (Å²) in [7, 11) is 0. The largest absolute Gasteiger partial charge is 0.465 e. The number of carbonyl (C=O) groups excluding carboxylic acids is 3. The summed E-state index contributed by atoms with van der Waals surface area (Å²) in [5.74, 6) is -6.61. The van der Waals surface area contributed by atoms with Crippen molar-refractivity contribution in [2.75, 3.05) is 6.61 Å². The van der Waals surface area contributed by atoms with Crippen molar-refractivity contribution in [2.45, 2.75) is 26.2 Å². The van der Waals surface area contributed by atoms with Crippen molar-refractivity contribution in [3.63, 3.8) is 0 Å². The predicted octanol–water partition coefficient (Wildman–Crippen LogP) is 2.19. The Kier molecular flexibility index (Phi) is 3.65. The van der Waals surface area contributed by atoms with Crippen LogP contribution in [0, 0.1) is 17.6 Å². The van der Waals surface area contributed by atoms with Crippen LogP contribution in [-0.2, 0) is 19.7 Å². The number of ketones is 2. The Morgan fingerprint density at radius 2 is 1.90 bits per heavy atom. The van der Waals surface area contributed by atoms with Gasteiger partial charge in [0.25, 0.3) is 0 Å². The SMILES string of the molecule is CCOC(=O)C1C(=O)c2ccc(F)c(F)c2C(C)(C)C1=O. The number of hydrogen-bond acceptors (Lipinski definition) is 4. The third-order valence-corrected chi connectivity index (χ3v) is 3.65. The van der Waals surface area contributed by atoms with E-state index in [1.807, 2.05) is 0 Å². The van der Waals surface area contributed by atoms with Crippen LogP contribution in [0.5, 0.6) is 0 Å². The third kappa shape index (κ3) is 2.14. The van der Waals surface area contributed by atoms with Crippen LogP contribution in [0.25, 0.3) is 0 Å². The van der Waals surface area contributed by atoms with Crippen LogP contribution in [0.3, 0.4) is 0 Å². The van der Waals surface area contributed by atoms with Gasteiger partial charge in [-0.1, -0.05) is 0 Å². The highest BCUT2D eigenvalue weighted by Gasteiger charge is 2.51. The van der Waals surface area contributed by atoms with E-state index in [0.29, 0.717) is 0 Å². The quantitative estimate of drug-likeness (QED) is 0.620. The van der Waals surface area contributed by atoms with Crippen LogP contribution in [0.15, 0.2) is 12.1 Å². The maximum Gasteiger partial charge on any atom is 0.324 e. The summed E-state index contributed by atoms with van der Waals surface area (Å²) in [6.07, 6.45) is 0. The van der Waals surface area contributed by atoms with Crippen LogP contribution < -0.4 is 0 Å².